The maximum Gasteiger partial charge on any atom is 0.310 e. The van der Waals surface area contributed by atoms with Gasteiger partial charge in [-0.1, -0.05) is 6.42 Å². The van der Waals surface area contributed by atoms with Gasteiger partial charge in [-0.25, -0.2) is 0 Å². The average molecular weight is 200 g/mol. The monoisotopic (exact) mass is 200 g/mol. The third-order valence-electron chi connectivity index (χ3n) is 1.83. The number of carbonyl (C=O) groups excluding carboxylic acids is 2. The fourth-order valence-electron chi connectivity index (χ4n) is 1.13. The molecule has 0 radical (unpaired) electrons. The maximum atomic E-state index is 10.9. The van der Waals surface area contributed by atoms with Crippen molar-refractivity contribution in [3.05, 3.63) is 0 Å². The van der Waals surface area contributed by atoms with E-state index in [9.17, 15) is 14.4 Å². The second kappa shape index (κ2) is 7.24. The SMILES string of the molecule is CC(=O)CCCCCC(=O)CC(=O)O. The number of carboxylic acids is 1. The summed E-state index contributed by atoms with van der Waals surface area (Å²) in [5.41, 5.74) is 0. The van der Waals surface area contributed by atoms with E-state index in [1.165, 1.54) is 6.92 Å². The molecular weight excluding hydrogens is 184 g/mol. The summed E-state index contributed by atoms with van der Waals surface area (Å²) >= 11 is 0. The lowest BCUT2D eigenvalue weighted by atomic mass is 10.1. The Kier molecular flexibility index (Phi) is 6.62. The van der Waals surface area contributed by atoms with E-state index >= 15 is 0 Å². The summed E-state index contributed by atoms with van der Waals surface area (Å²) in [5.74, 6) is -1.15. The van der Waals surface area contributed by atoms with E-state index in [-0.39, 0.29) is 18.0 Å². The van der Waals surface area contributed by atoms with Gasteiger partial charge in [0.25, 0.3) is 0 Å². The number of ketones is 2. The van der Waals surface area contributed by atoms with Gasteiger partial charge in [-0.3, -0.25) is 9.59 Å². The number of hydrogen-bond acceptors (Lipinski definition) is 3. The zero-order valence-electron chi connectivity index (χ0n) is 8.41. The van der Waals surface area contributed by atoms with Gasteiger partial charge in [0, 0.05) is 12.8 Å². The first-order valence-electron chi connectivity index (χ1n) is 4.75. The van der Waals surface area contributed by atoms with Crippen molar-refractivity contribution in [2.45, 2.75) is 45.4 Å². The molecule has 14 heavy (non-hydrogen) atoms. The second-order valence-electron chi connectivity index (χ2n) is 3.37. The molecule has 0 aromatic heterocycles. The molecule has 0 aromatic rings. The summed E-state index contributed by atoms with van der Waals surface area (Å²) in [5, 5.41) is 8.29. The summed E-state index contributed by atoms with van der Waals surface area (Å²) in [6, 6.07) is 0. The van der Waals surface area contributed by atoms with Crippen LogP contribution in [0.1, 0.15) is 45.4 Å². The maximum absolute atomic E-state index is 10.9. The van der Waals surface area contributed by atoms with Gasteiger partial charge in [-0.15, -0.1) is 0 Å². The molecule has 0 aromatic carbocycles. The minimum atomic E-state index is -1.07. The standard InChI is InChI=1S/C10H16O4/c1-8(11)5-3-2-4-6-9(12)7-10(13)14/h2-7H2,1H3,(H,13,14). The molecule has 0 saturated heterocycles. The van der Waals surface area contributed by atoms with Gasteiger partial charge in [0.05, 0.1) is 0 Å². The Morgan fingerprint density at radius 2 is 1.57 bits per heavy atom. The van der Waals surface area contributed by atoms with Crippen molar-refractivity contribution in [1.29, 1.82) is 0 Å². The van der Waals surface area contributed by atoms with E-state index in [2.05, 4.69) is 0 Å². The predicted octanol–water partition coefficient (Wildman–Crippen LogP) is 1.57. The fraction of sp³-hybridized carbons (Fsp3) is 0.700. The van der Waals surface area contributed by atoms with Crippen molar-refractivity contribution in [3.63, 3.8) is 0 Å². The molecule has 1 N–H and O–H groups in total. The Hall–Kier alpha value is -1.19. The average Bonchev–Trinajstić information content (AvgIpc) is 2.01. The molecule has 4 heteroatoms. The molecule has 0 saturated carbocycles. The molecule has 0 rings (SSSR count). The quantitative estimate of drug-likeness (QED) is 0.477. The number of Topliss-reactive ketones (excluding diaryl/α,β-unsaturated/α-hetero) is 2. The van der Waals surface area contributed by atoms with E-state index in [0.29, 0.717) is 19.3 Å². The van der Waals surface area contributed by atoms with Crippen molar-refractivity contribution >= 4 is 17.5 Å². The summed E-state index contributed by atoms with van der Waals surface area (Å²) in [6.45, 7) is 1.54. The van der Waals surface area contributed by atoms with Crippen molar-refractivity contribution in [1.82, 2.24) is 0 Å². The summed E-state index contributed by atoms with van der Waals surface area (Å²) in [7, 11) is 0. The summed E-state index contributed by atoms with van der Waals surface area (Å²) in [6.07, 6.45) is 2.75. The first kappa shape index (κ1) is 12.8. The van der Waals surface area contributed by atoms with Crippen molar-refractivity contribution < 1.29 is 19.5 Å². The van der Waals surface area contributed by atoms with Gasteiger partial charge in [0.2, 0.25) is 0 Å². The van der Waals surface area contributed by atoms with Crippen molar-refractivity contribution in [2.75, 3.05) is 0 Å². The lowest BCUT2D eigenvalue weighted by Gasteiger charge is -1.98. The molecular formula is C10H16O4. The number of hydrogen-bond donors (Lipinski definition) is 1. The Bertz CT molecular complexity index is 220. The lowest BCUT2D eigenvalue weighted by Crippen LogP contribution is -2.06. The Morgan fingerprint density at radius 1 is 1.00 bits per heavy atom. The molecule has 0 spiro atoms. The van der Waals surface area contributed by atoms with Crippen LogP contribution in [0, 0.1) is 0 Å². The molecule has 0 amide bonds. The Balaban J connectivity index is 3.32. The van der Waals surface area contributed by atoms with Gasteiger partial charge < -0.3 is 9.90 Å². The van der Waals surface area contributed by atoms with Crippen LogP contribution in [0.5, 0.6) is 0 Å². The third-order valence-corrected chi connectivity index (χ3v) is 1.83. The highest BCUT2D eigenvalue weighted by Crippen LogP contribution is 2.05. The number of carboxylic acid groups (broad SMARTS) is 1. The van der Waals surface area contributed by atoms with Gasteiger partial charge in [0.15, 0.2) is 0 Å². The molecule has 0 bridgehead atoms. The summed E-state index contributed by atoms with van der Waals surface area (Å²) < 4.78 is 0. The van der Waals surface area contributed by atoms with Crippen LogP contribution in [0.2, 0.25) is 0 Å². The van der Waals surface area contributed by atoms with Crippen LogP contribution in [0.4, 0.5) is 0 Å². The minimum Gasteiger partial charge on any atom is -0.481 e. The molecule has 0 fully saturated rings. The Morgan fingerprint density at radius 3 is 2.07 bits per heavy atom. The van der Waals surface area contributed by atoms with Crippen LogP contribution in [-0.2, 0) is 14.4 Å². The molecule has 0 atom stereocenters. The fourth-order valence-corrected chi connectivity index (χ4v) is 1.13. The van der Waals surface area contributed by atoms with Crippen LogP contribution >= 0.6 is 0 Å². The number of aliphatic carboxylic acids is 1. The highest BCUT2D eigenvalue weighted by molar-refractivity contribution is 5.94. The zero-order valence-corrected chi connectivity index (χ0v) is 8.41. The van der Waals surface area contributed by atoms with Gasteiger partial charge in [0.1, 0.15) is 18.0 Å². The lowest BCUT2D eigenvalue weighted by molar-refractivity contribution is -0.140. The zero-order chi connectivity index (χ0) is 11.0. The number of rotatable bonds is 8. The topological polar surface area (TPSA) is 71.4 Å². The van der Waals surface area contributed by atoms with Crippen LogP contribution in [0.15, 0.2) is 0 Å². The van der Waals surface area contributed by atoms with Gasteiger partial charge in [-0.05, 0) is 19.8 Å². The normalized spacial score (nSPS) is 9.79. The summed E-state index contributed by atoms with van der Waals surface area (Å²) in [4.78, 5) is 31.6. The Labute approximate surface area is 83.3 Å². The van der Waals surface area contributed by atoms with Gasteiger partial charge in [-0.2, -0.15) is 0 Å². The number of carbonyl (C=O) groups is 3. The van der Waals surface area contributed by atoms with Crippen LogP contribution in [0.25, 0.3) is 0 Å². The van der Waals surface area contributed by atoms with Crippen LogP contribution in [-0.4, -0.2) is 22.6 Å². The smallest absolute Gasteiger partial charge is 0.310 e. The van der Waals surface area contributed by atoms with E-state index in [0.717, 1.165) is 12.8 Å². The number of unbranched alkanes of at least 4 members (excludes halogenated alkanes) is 2. The molecule has 0 heterocycles. The first-order chi connectivity index (χ1) is 6.52. The van der Waals surface area contributed by atoms with Crippen molar-refractivity contribution in [3.8, 4) is 0 Å². The first-order valence-corrected chi connectivity index (χ1v) is 4.75. The third kappa shape index (κ3) is 8.90. The highest BCUT2D eigenvalue weighted by Gasteiger charge is 2.06. The van der Waals surface area contributed by atoms with Gasteiger partial charge >= 0.3 is 5.97 Å². The highest BCUT2D eigenvalue weighted by atomic mass is 16.4. The minimum absolute atomic E-state index is 0.155. The molecule has 0 unspecified atom stereocenters. The van der Waals surface area contributed by atoms with E-state index in [1.807, 2.05) is 0 Å². The molecule has 0 aliphatic carbocycles. The second-order valence-corrected chi connectivity index (χ2v) is 3.37. The van der Waals surface area contributed by atoms with E-state index in [1.54, 1.807) is 0 Å². The molecule has 0 aliphatic rings. The van der Waals surface area contributed by atoms with Crippen molar-refractivity contribution in [2.24, 2.45) is 0 Å². The molecule has 4 nitrogen and oxygen atoms in total. The predicted molar refractivity (Wildman–Crippen MR) is 51.0 cm³/mol. The van der Waals surface area contributed by atoms with E-state index < -0.39 is 5.97 Å². The van der Waals surface area contributed by atoms with Crippen LogP contribution < -0.4 is 0 Å². The largest absolute Gasteiger partial charge is 0.481 e. The molecule has 0 aliphatic heterocycles. The van der Waals surface area contributed by atoms with Crippen LogP contribution in [0.3, 0.4) is 0 Å². The van der Waals surface area contributed by atoms with E-state index in [4.69, 9.17) is 5.11 Å². The molecule has 80 valence electrons.